The highest BCUT2D eigenvalue weighted by Gasteiger charge is 1.34. The number of rotatable bonds is 0. The van der Waals surface area contributed by atoms with Crippen LogP contribution in [0.1, 0.15) is 6.92 Å². The van der Waals surface area contributed by atoms with Gasteiger partial charge in [-0.15, -0.1) is 0 Å². The Bertz CT molecular complexity index is 9.61. The highest BCUT2D eigenvalue weighted by atomic mass is 27.0. The maximum atomic E-state index is 7.57. The molecule has 3 heteroatoms. The molecule has 0 bridgehead atoms. The molecule has 0 heterocycles. The Balaban J connectivity index is -0.0000000200. The molecule has 0 aromatic heterocycles. The first kappa shape index (κ1) is 18.1. The maximum absolute atomic E-state index is 7.57. The summed E-state index contributed by atoms with van der Waals surface area (Å²) in [6, 6.07) is 0. The van der Waals surface area contributed by atoms with Crippen LogP contribution in [0, 0.1) is 0 Å². The molecule has 0 saturated heterocycles. The summed E-state index contributed by atoms with van der Waals surface area (Å²) in [5.74, 6) is 0. The maximum Gasteiger partial charge on any atom is 0.187 e. The first-order chi connectivity index (χ1) is 1.41. The summed E-state index contributed by atoms with van der Waals surface area (Å²) < 4.78 is 0. The van der Waals surface area contributed by atoms with Gasteiger partial charge in [-0.2, -0.15) is 0 Å². The minimum absolute atomic E-state index is 0. The van der Waals surface area contributed by atoms with E-state index in [2.05, 4.69) is 0 Å². The predicted octanol–water partition coefficient (Wildman–Crippen LogP) is -1.03. The fraction of sp³-hybridized carbons (Fsp3) is 1.00. The van der Waals surface area contributed by atoms with Gasteiger partial charge in [-0.25, -0.2) is 0 Å². The number of halogens is 1. The van der Waals surface area contributed by atoms with Gasteiger partial charge in [-0.3, -0.25) is 4.70 Å². The van der Waals surface area contributed by atoms with Gasteiger partial charge in [0, 0.05) is 6.61 Å². The van der Waals surface area contributed by atoms with E-state index in [4.69, 9.17) is 5.11 Å². The van der Waals surface area contributed by atoms with Gasteiger partial charge in [-0.05, 0) is 6.92 Å². The molecular weight excluding hydrogens is 86.0 g/mol. The Labute approximate surface area is 41.5 Å². The summed E-state index contributed by atoms with van der Waals surface area (Å²) in [5.41, 5.74) is 0. The SMILES string of the molecule is CCO.F.[AlH3]. The van der Waals surface area contributed by atoms with Gasteiger partial charge in [0.15, 0.2) is 17.4 Å². The third-order valence-electron chi connectivity index (χ3n) is 0. The second kappa shape index (κ2) is 25.6. The van der Waals surface area contributed by atoms with Gasteiger partial charge in [-0.1, -0.05) is 0 Å². The van der Waals surface area contributed by atoms with Crippen molar-refractivity contribution in [3.63, 3.8) is 0 Å². The first-order valence-corrected chi connectivity index (χ1v) is 1.02. The number of hydrogen-bond acceptors (Lipinski definition) is 1. The lowest BCUT2D eigenvalue weighted by molar-refractivity contribution is 0.318. The molecular formula is C2H10AlFO. The molecule has 34 valence electrons. The van der Waals surface area contributed by atoms with Crippen molar-refractivity contribution in [2.75, 3.05) is 6.61 Å². The van der Waals surface area contributed by atoms with Crippen LogP contribution in [0.3, 0.4) is 0 Å². The summed E-state index contributed by atoms with van der Waals surface area (Å²) in [7, 11) is 0. The topological polar surface area (TPSA) is 20.2 Å². The zero-order chi connectivity index (χ0) is 2.71. The van der Waals surface area contributed by atoms with Crippen LogP contribution in [0.4, 0.5) is 4.70 Å². The van der Waals surface area contributed by atoms with E-state index >= 15 is 0 Å². The van der Waals surface area contributed by atoms with Crippen molar-refractivity contribution < 1.29 is 9.81 Å². The molecule has 0 saturated carbocycles. The van der Waals surface area contributed by atoms with Crippen LogP contribution in [0.2, 0.25) is 0 Å². The van der Waals surface area contributed by atoms with Crippen molar-refractivity contribution in [3.05, 3.63) is 0 Å². The number of aliphatic hydroxyl groups is 1. The Hall–Kier alpha value is 0.422. The lowest BCUT2D eigenvalue weighted by atomic mass is 10.9. The van der Waals surface area contributed by atoms with Crippen molar-refractivity contribution >= 4 is 17.4 Å². The molecule has 0 rings (SSSR count). The second-order valence-corrected chi connectivity index (χ2v) is 0.316. The highest BCUT2D eigenvalue weighted by Crippen LogP contribution is 1.30. The van der Waals surface area contributed by atoms with Gasteiger partial charge < -0.3 is 5.11 Å². The smallest absolute Gasteiger partial charge is 0.187 e. The van der Waals surface area contributed by atoms with Crippen molar-refractivity contribution in [2.45, 2.75) is 6.92 Å². The van der Waals surface area contributed by atoms with Crippen molar-refractivity contribution in [1.29, 1.82) is 0 Å². The largest absolute Gasteiger partial charge is 0.397 e. The van der Waals surface area contributed by atoms with Gasteiger partial charge in [0.1, 0.15) is 0 Å². The molecule has 0 spiro atoms. The molecule has 0 aromatic carbocycles. The zero-order valence-corrected chi connectivity index (χ0v) is 2.56. The molecule has 0 fully saturated rings. The lowest BCUT2D eigenvalue weighted by Crippen LogP contribution is -1.57. The van der Waals surface area contributed by atoms with E-state index in [1.165, 1.54) is 0 Å². The second-order valence-electron chi connectivity index (χ2n) is 0.316. The van der Waals surface area contributed by atoms with Gasteiger partial charge >= 0.3 is 0 Å². The van der Waals surface area contributed by atoms with E-state index in [1.54, 1.807) is 6.92 Å². The number of aliphatic hydroxyl groups excluding tert-OH is 1. The van der Waals surface area contributed by atoms with E-state index in [9.17, 15) is 0 Å². The molecule has 0 aliphatic rings. The monoisotopic (exact) mass is 96.1 g/mol. The normalized spacial score (nSPS) is 3.60. The van der Waals surface area contributed by atoms with Crippen LogP contribution in [0.25, 0.3) is 0 Å². The third-order valence-corrected chi connectivity index (χ3v) is 0. The Kier molecular flexibility index (Phi) is 92.5. The average molecular weight is 96.1 g/mol. The molecule has 0 aliphatic carbocycles. The standard InChI is InChI=1S/C2H6O.Al.FH.3H/c1-2-3;;;;;/h3H,2H2,1H3;;1H;;;. The molecule has 1 N–H and O–H groups in total. The summed E-state index contributed by atoms with van der Waals surface area (Å²) in [6.45, 7) is 1.93. The molecule has 0 aromatic rings. The number of hydrogen-bond donors (Lipinski definition) is 1. The fourth-order valence-electron chi connectivity index (χ4n) is 0. The Morgan fingerprint density at radius 3 is 1.60 bits per heavy atom. The molecule has 0 atom stereocenters. The highest BCUT2D eigenvalue weighted by molar-refractivity contribution is 5.75. The van der Waals surface area contributed by atoms with E-state index in [-0.39, 0.29) is 28.7 Å². The van der Waals surface area contributed by atoms with E-state index in [0.717, 1.165) is 0 Å². The van der Waals surface area contributed by atoms with E-state index < -0.39 is 0 Å². The molecule has 0 radical (unpaired) electrons. The fourth-order valence-corrected chi connectivity index (χ4v) is 0. The summed E-state index contributed by atoms with van der Waals surface area (Å²) in [4.78, 5) is 0. The lowest BCUT2D eigenvalue weighted by Gasteiger charge is -1.52. The van der Waals surface area contributed by atoms with Crippen LogP contribution in [-0.4, -0.2) is 29.1 Å². The van der Waals surface area contributed by atoms with Crippen molar-refractivity contribution in [3.8, 4) is 0 Å². The summed E-state index contributed by atoms with van der Waals surface area (Å²) in [6.07, 6.45) is 0. The average Bonchev–Trinajstić information content (AvgIpc) is 0.918. The predicted molar refractivity (Wildman–Crippen MR) is 25.2 cm³/mol. The summed E-state index contributed by atoms with van der Waals surface area (Å²) in [5, 5.41) is 7.57. The van der Waals surface area contributed by atoms with Crippen molar-refractivity contribution in [2.24, 2.45) is 0 Å². The van der Waals surface area contributed by atoms with Gasteiger partial charge in [0.05, 0.1) is 0 Å². The third kappa shape index (κ3) is 145. The molecule has 5 heavy (non-hydrogen) atoms. The molecule has 1 nitrogen and oxygen atoms in total. The van der Waals surface area contributed by atoms with E-state index in [1.807, 2.05) is 0 Å². The summed E-state index contributed by atoms with van der Waals surface area (Å²) >= 11 is 0. The Morgan fingerprint density at radius 2 is 1.60 bits per heavy atom. The van der Waals surface area contributed by atoms with Crippen LogP contribution in [-0.2, 0) is 0 Å². The van der Waals surface area contributed by atoms with E-state index in [0.29, 0.717) is 0 Å². The molecule has 0 unspecified atom stereocenters. The van der Waals surface area contributed by atoms with Crippen LogP contribution in [0.5, 0.6) is 0 Å². The van der Waals surface area contributed by atoms with Gasteiger partial charge in [0.25, 0.3) is 0 Å². The van der Waals surface area contributed by atoms with Crippen LogP contribution < -0.4 is 0 Å². The molecule has 0 aliphatic heterocycles. The quantitative estimate of drug-likeness (QED) is 0.382. The van der Waals surface area contributed by atoms with Gasteiger partial charge in [0.2, 0.25) is 0 Å². The minimum atomic E-state index is 0. The van der Waals surface area contributed by atoms with Crippen LogP contribution in [0.15, 0.2) is 0 Å². The minimum Gasteiger partial charge on any atom is -0.397 e. The zero-order valence-electron chi connectivity index (χ0n) is 2.56. The molecule has 0 amide bonds. The Morgan fingerprint density at radius 1 is 1.60 bits per heavy atom. The first-order valence-electron chi connectivity index (χ1n) is 1.02. The van der Waals surface area contributed by atoms with Crippen molar-refractivity contribution in [1.82, 2.24) is 0 Å². The van der Waals surface area contributed by atoms with Crippen LogP contribution >= 0.6 is 0 Å².